The Kier molecular flexibility index (Phi) is 4.40. The summed E-state index contributed by atoms with van der Waals surface area (Å²) in [6.45, 7) is 1.64. The number of hydrogen-bond donors (Lipinski definition) is 2. The molecule has 0 saturated carbocycles. The van der Waals surface area contributed by atoms with Crippen LogP contribution >= 0.6 is 0 Å². The van der Waals surface area contributed by atoms with Gasteiger partial charge in [0.2, 0.25) is 11.8 Å². The lowest BCUT2D eigenvalue weighted by molar-refractivity contribution is -0.136. The number of nitrogens with one attached hydrogen (secondary N) is 2. The van der Waals surface area contributed by atoms with Crippen LogP contribution in [0.3, 0.4) is 0 Å². The Labute approximate surface area is 201 Å². The Hall–Kier alpha value is -3.23. The zero-order chi connectivity index (χ0) is 28.2. The Morgan fingerprint density at radius 2 is 1.82 bits per heavy atom. The summed E-state index contributed by atoms with van der Waals surface area (Å²) in [4.78, 5) is 40.8. The Morgan fingerprint density at radius 3 is 2.61 bits per heavy atom. The summed E-state index contributed by atoms with van der Waals surface area (Å²) in [6, 6.07) is 10.2. The van der Waals surface area contributed by atoms with Crippen LogP contribution in [-0.4, -0.2) is 59.9 Å². The third-order valence-corrected chi connectivity index (χ3v) is 5.83. The molecule has 172 valence electrons. The average Bonchev–Trinajstić information content (AvgIpc) is 3.09. The van der Waals surface area contributed by atoms with Crippen LogP contribution in [0.15, 0.2) is 42.5 Å². The lowest BCUT2D eigenvalue weighted by Gasteiger charge is -2.29. The summed E-state index contributed by atoms with van der Waals surface area (Å²) in [5, 5.41) is 4.90. The summed E-state index contributed by atoms with van der Waals surface area (Å²) in [6.07, 6.45) is -6.36. The number of morpholine rings is 1. The van der Waals surface area contributed by atoms with E-state index in [-0.39, 0.29) is 16.8 Å². The van der Waals surface area contributed by atoms with E-state index in [9.17, 15) is 14.4 Å². The van der Waals surface area contributed by atoms with Gasteiger partial charge < -0.3 is 15.0 Å². The van der Waals surface area contributed by atoms with Gasteiger partial charge in [-0.25, -0.2) is 0 Å². The highest BCUT2D eigenvalue weighted by molar-refractivity contribution is 6.06. The van der Waals surface area contributed by atoms with Gasteiger partial charge in [0.15, 0.2) is 0 Å². The van der Waals surface area contributed by atoms with Crippen molar-refractivity contribution in [2.75, 3.05) is 31.6 Å². The van der Waals surface area contributed by atoms with E-state index < -0.39 is 43.0 Å². The Morgan fingerprint density at radius 1 is 1.06 bits per heavy atom. The van der Waals surface area contributed by atoms with Crippen LogP contribution in [-0.2, 0) is 33.9 Å². The minimum atomic E-state index is -3.19. The number of hydrogen-bond acceptors (Lipinski definition) is 6. The van der Waals surface area contributed by atoms with Gasteiger partial charge in [0.25, 0.3) is 5.91 Å². The van der Waals surface area contributed by atoms with Gasteiger partial charge in [0.05, 0.1) is 16.0 Å². The summed E-state index contributed by atoms with van der Waals surface area (Å²) in [7, 11) is 0. The number of carbonyl (C=O) groups excluding carboxylic acids is 3. The van der Waals surface area contributed by atoms with Crippen LogP contribution in [0, 0.1) is 0 Å². The molecule has 8 heteroatoms. The van der Waals surface area contributed by atoms with Gasteiger partial charge in [-0.2, -0.15) is 0 Å². The molecular weight excluding hydrogens is 420 g/mol. The number of benzene rings is 2. The number of amides is 3. The molecule has 0 spiro atoms. The highest BCUT2D eigenvalue weighted by atomic mass is 16.5. The molecule has 3 aliphatic heterocycles. The lowest BCUT2D eigenvalue weighted by Crippen LogP contribution is -2.52. The topological polar surface area (TPSA) is 91.0 Å². The first-order valence-electron chi connectivity index (χ1n) is 13.8. The van der Waals surface area contributed by atoms with Crippen molar-refractivity contribution < 1.29 is 27.3 Å². The maximum atomic E-state index is 13.4. The van der Waals surface area contributed by atoms with E-state index >= 15 is 0 Å². The molecule has 2 aromatic carbocycles. The number of nitrogens with zero attached hydrogens (tertiary/aromatic N) is 2. The molecule has 8 nitrogen and oxygen atoms in total. The predicted molar refractivity (Wildman–Crippen MR) is 122 cm³/mol. The van der Waals surface area contributed by atoms with Gasteiger partial charge in [0, 0.05) is 61.3 Å². The normalized spacial score (nSPS) is 28.4. The quantitative estimate of drug-likeness (QED) is 0.648. The average molecular weight is 455 g/mol. The zero-order valence-corrected chi connectivity index (χ0v) is 17.9. The molecule has 5 rings (SSSR count). The summed E-state index contributed by atoms with van der Waals surface area (Å²) in [5.74, 6) is -3.73. The summed E-state index contributed by atoms with van der Waals surface area (Å²) < 4.78 is 55.3. The number of imide groups is 1. The largest absolute Gasteiger partial charge is 0.381 e. The Balaban J connectivity index is 1.37. The van der Waals surface area contributed by atoms with Gasteiger partial charge in [0.1, 0.15) is 6.04 Å². The number of piperidine rings is 1. The molecule has 33 heavy (non-hydrogen) atoms. The SMILES string of the molecule is [2H]C1([2H])c2c(NCc3ccc(CN4CCOCC4)cc3)cccc2C(=O)N1[C@H]1C(=O)NC(=O)C([2H])([2H])C1([2H])[2H]. The van der Waals surface area contributed by atoms with Crippen molar-refractivity contribution in [1.29, 1.82) is 0 Å². The first-order valence-corrected chi connectivity index (χ1v) is 10.8. The van der Waals surface area contributed by atoms with Crippen LogP contribution in [0.2, 0.25) is 0 Å². The molecule has 0 unspecified atom stereocenters. The Bertz CT molecular complexity index is 1310. The van der Waals surface area contributed by atoms with E-state index in [1.165, 1.54) is 6.07 Å². The third kappa shape index (κ3) is 4.62. The van der Waals surface area contributed by atoms with Gasteiger partial charge in [-0.15, -0.1) is 0 Å². The van der Waals surface area contributed by atoms with Crippen LogP contribution in [0.5, 0.6) is 0 Å². The molecule has 3 aliphatic rings. The van der Waals surface area contributed by atoms with E-state index in [2.05, 4.69) is 10.2 Å². The van der Waals surface area contributed by atoms with E-state index in [0.29, 0.717) is 11.4 Å². The number of rotatable bonds is 6. The standard InChI is InChI=1S/C25H28N4O4/c30-23-9-8-22(24(31)27-23)29-16-20-19(25(29)32)2-1-3-21(20)26-14-17-4-6-18(7-5-17)15-28-10-12-33-13-11-28/h1-7,22,26H,8-16H2,(H,27,30,31)/t22-/m1/s1/i8D2,9D2,16D2. The highest BCUT2D eigenvalue weighted by Gasteiger charge is 2.39. The first kappa shape index (κ1) is 15.6. The molecular formula is C25H28N4O4. The second-order valence-electron chi connectivity index (χ2n) is 8.06. The fraction of sp³-hybridized carbons (Fsp3) is 0.400. The molecule has 2 fully saturated rings. The maximum Gasteiger partial charge on any atom is 0.255 e. The molecule has 2 N–H and O–H groups in total. The van der Waals surface area contributed by atoms with Crippen molar-refractivity contribution in [3.8, 4) is 0 Å². The molecule has 0 aliphatic carbocycles. The predicted octanol–water partition coefficient (Wildman–Crippen LogP) is 1.89. The number of carbonyl (C=O) groups is 3. The van der Waals surface area contributed by atoms with E-state index in [4.69, 9.17) is 13.0 Å². The van der Waals surface area contributed by atoms with Crippen molar-refractivity contribution >= 4 is 23.4 Å². The molecule has 0 radical (unpaired) electrons. The second-order valence-corrected chi connectivity index (χ2v) is 8.06. The second kappa shape index (κ2) is 9.33. The van der Waals surface area contributed by atoms with E-state index in [0.717, 1.165) is 44.0 Å². The molecule has 2 aromatic rings. The summed E-state index contributed by atoms with van der Waals surface area (Å²) in [5.41, 5.74) is 2.18. The molecule has 2 saturated heterocycles. The minimum Gasteiger partial charge on any atom is -0.381 e. The molecule has 0 aromatic heterocycles. The zero-order valence-electron chi connectivity index (χ0n) is 23.9. The van der Waals surface area contributed by atoms with Crippen LogP contribution in [0.1, 0.15) is 48.0 Å². The first-order chi connectivity index (χ1) is 18.4. The third-order valence-electron chi connectivity index (χ3n) is 5.83. The minimum absolute atomic E-state index is 0.0769. The number of ether oxygens (including phenoxy) is 1. The van der Waals surface area contributed by atoms with Gasteiger partial charge in [-0.3, -0.25) is 24.6 Å². The smallest absolute Gasteiger partial charge is 0.255 e. The van der Waals surface area contributed by atoms with E-state index in [1.54, 1.807) is 17.4 Å². The van der Waals surface area contributed by atoms with E-state index in [1.807, 2.05) is 24.3 Å². The molecule has 1 atom stereocenters. The van der Waals surface area contributed by atoms with Gasteiger partial charge in [-0.1, -0.05) is 30.3 Å². The van der Waals surface area contributed by atoms with Gasteiger partial charge in [-0.05, 0) is 29.6 Å². The summed E-state index contributed by atoms with van der Waals surface area (Å²) >= 11 is 0. The van der Waals surface area contributed by atoms with Crippen molar-refractivity contribution in [2.24, 2.45) is 0 Å². The van der Waals surface area contributed by atoms with Crippen LogP contribution in [0.25, 0.3) is 0 Å². The van der Waals surface area contributed by atoms with Crippen LogP contribution in [0.4, 0.5) is 5.69 Å². The number of fused-ring (bicyclic) bond motifs is 1. The molecule has 0 bridgehead atoms. The molecule has 3 heterocycles. The van der Waals surface area contributed by atoms with Crippen molar-refractivity contribution in [2.45, 2.75) is 38.4 Å². The van der Waals surface area contributed by atoms with Gasteiger partial charge >= 0.3 is 0 Å². The highest BCUT2D eigenvalue weighted by Crippen LogP contribution is 2.32. The van der Waals surface area contributed by atoms with Crippen molar-refractivity contribution in [3.63, 3.8) is 0 Å². The fourth-order valence-corrected chi connectivity index (χ4v) is 4.05. The van der Waals surface area contributed by atoms with Crippen LogP contribution < -0.4 is 10.6 Å². The van der Waals surface area contributed by atoms with Crippen molar-refractivity contribution in [1.82, 2.24) is 15.1 Å². The fourth-order valence-electron chi connectivity index (χ4n) is 4.05. The van der Waals surface area contributed by atoms with Crippen molar-refractivity contribution in [3.05, 3.63) is 64.7 Å². The monoisotopic (exact) mass is 454 g/mol. The maximum absolute atomic E-state index is 13.4. The lowest BCUT2D eigenvalue weighted by atomic mass is 10.0. The number of anilines is 1. The molecule has 3 amide bonds.